The molecule has 80 valence electrons. The Hall–Kier alpha value is -0.900. The van der Waals surface area contributed by atoms with Crippen molar-refractivity contribution in [3.05, 3.63) is 11.7 Å². The van der Waals surface area contributed by atoms with E-state index in [1.807, 2.05) is 6.92 Å². The number of hydrogen-bond acceptors (Lipinski definition) is 4. The lowest BCUT2D eigenvalue weighted by Crippen LogP contribution is -2.19. The van der Waals surface area contributed by atoms with E-state index in [1.54, 1.807) is 0 Å². The van der Waals surface area contributed by atoms with Crippen molar-refractivity contribution in [3.63, 3.8) is 0 Å². The first kappa shape index (κ1) is 11.2. The van der Waals surface area contributed by atoms with Gasteiger partial charge in [-0.05, 0) is 25.8 Å². The Morgan fingerprint density at radius 1 is 1.36 bits per heavy atom. The zero-order valence-corrected chi connectivity index (χ0v) is 9.21. The van der Waals surface area contributed by atoms with Gasteiger partial charge in [-0.3, -0.25) is 0 Å². The Labute approximate surface area is 85.1 Å². The van der Waals surface area contributed by atoms with E-state index in [2.05, 4.69) is 29.3 Å². The van der Waals surface area contributed by atoms with Gasteiger partial charge in [-0.1, -0.05) is 19.0 Å². The van der Waals surface area contributed by atoms with Crippen LogP contribution in [0.1, 0.15) is 32.0 Å². The fourth-order valence-electron chi connectivity index (χ4n) is 1.15. The molecule has 0 aromatic carbocycles. The lowest BCUT2D eigenvalue weighted by molar-refractivity contribution is 0.371. The molecule has 0 fully saturated rings. The normalized spacial score (nSPS) is 11.1. The average molecular weight is 197 g/mol. The van der Waals surface area contributed by atoms with Gasteiger partial charge < -0.3 is 9.84 Å². The maximum absolute atomic E-state index is 4.99. The minimum absolute atomic E-state index is 0.710. The summed E-state index contributed by atoms with van der Waals surface area (Å²) in [6.07, 6.45) is 2.03. The van der Waals surface area contributed by atoms with Gasteiger partial charge in [0.1, 0.15) is 0 Å². The first-order chi connectivity index (χ1) is 6.68. The van der Waals surface area contributed by atoms with Crippen LogP contribution in [0.3, 0.4) is 0 Å². The van der Waals surface area contributed by atoms with Crippen molar-refractivity contribution < 1.29 is 4.52 Å². The predicted octanol–water partition coefficient (Wildman–Crippen LogP) is 1.56. The number of nitrogens with zero attached hydrogens (tertiary/aromatic N) is 2. The number of nitrogens with one attached hydrogen (secondary N) is 1. The van der Waals surface area contributed by atoms with Gasteiger partial charge in [0, 0.05) is 13.0 Å². The van der Waals surface area contributed by atoms with E-state index in [4.69, 9.17) is 4.52 Å². The van der Waals surface area contributed by atoms with E-state index in [0.717, 1.165) is 31.3 Å². The molecule has 0 aliphatic heterocycles. The highest BCUT2D eigenvalue weighted by molar-refractivity contribution is 4.83. The number of aryl methyl sites for hydroxylation is 1. The third kappa shape index (κ3) is 4.37. The maximum Gasteiger partial charge on any atom is 0.227 e. The van der Waals surface area contributed by atoms with Crippen LogP contribution in [0.4, 0.5) is 0 Å². The van der Waals surface area contributed by atoms with Gasteiger partial charge in [0.25, 0.3) is 0 Å². The molecule has 0 amide bonds. The lowest BCUT2D eigenvalue weighted by atomic mass is 10.1. The predicted molar refractivity (Wildman–Crippen MR) is 55.1 cm³/mol. The Morgan fingerprint density at radius 3 is 2.71 bits per heavy atom. The zero-order chi connectivity index (χ0) is 10.4. The maximum atomic E-state index is 4.99. The van der Waals surface area contributed by atoms with Crippen LogP contribution in [0.15, 0.2) is 4.52 Å². The summed E-state index contributed by atoms with van der Waals surface area (Å²) in [6, 6.07) is 0. The molecule has 1 aromatic rings. The van der Waals surface area contributed by atoms with E-state index in [0.29, 0.717) is 5.82 Å². The molecule has 1 rings (SSSR count). The highest BCUT2D eigenvalue weighted by Crippen LogP contribution is 1.97. The van der Waals surface area contributed by atoms with Crippen LogP contribution in [0, 0.1) is 12.8 Å². The molecule has 0 bridgehead atoms. The van der Waals surface area contributed by atoms with Crippen LogP contribution < -0.4 is 5.32 Å². The number of aromatic nitrogens is 2. The van der Waals surface area contributed by atoms with Crippen molar-refractivity contribution >= 4 is 0 Å². The largest absolute Gasteiger partial charge is 0.339 e. The van der Waals surface area contributed by atoms with Crippen molar-refractivity contribution in [2.75, 3.05) is 13.1 Å². The molecule has 0 unspecified atom stereocenters. The highest BCUT2D eigenvalue weighted by atomic mass is 16.5. The van der Waals surface area contributed by atoms with E-state index in [9.17, 15) is 0 Å². The van der Waals surface area contributed by atoms with Gasteiger partial charge in [0.05, 0.1) is 0 Å². The SMILES string of the molecule is Cc1noc(CCNCCC(C)C)n1. The number of rotatable bonds is 6. The fraction of sp³-hybridized carbons (Fsp3) is 0.800. The van der Waals surface area contributed by atoms with Gasteiger partial charge in [0.15, 0.2) is 5.82 Å². The van der Waals surface area contributed by atoms with Crippen molar-refractivity contribution in [1.29, 1.82) is 0 Å². The van der Waals surface area contributed by atoms with Gasteiger partial charge in [0.2, 0.25) is 5.89 Å². The second-order valence-corrected chi connectivity index (χ2v) is 3.92. The third-order valence-electron chi connectivity index (χ3n) is 1.98. The molecule has 0 saturated carbocycles. The second-order valence-electron chi connectivity index (χ2n) is 3.92. The molecule has 1 aromatic heterocycles. The highest BCUT2D eigenvalue weighted by Gasteiger charge is 2.01. The minimum atomic E-state index is 0.710. The topological polar surface area (TPSA) is 51.0 Å². The first-order valence-electron chi connectivity index (χ1n) is 5.18. The summed E-state index contributed by atoms with van der Waals surface area (Å²) < 4.78 is 4.99. The summed E-state index contributed by atoms with van der Waals surface area (Å²) in [6.45, 7) is 8.25. The minimum Gasteiger partial charge on any atom is -0.339 e. The Kier molecular flexibility index (Phi) is 4.59. The molecule has 0 spiro atoms. The van der Waals surface area contributed by atoms with Crippen LogP contribution >= 0.6 is 0 Å². The van der Waals surface area contributed by atoms with Gasteiger partial charge >= 0.3 is 0 Å². The smallest absolute Gasteiger partial charge is 0.227 e. The van der Waals surface area contributed by atoms with Crippen molar-refractivity contribution in [1.82, 2.24) is 15.5 Å². The molecule has 14 heavy (non-hydrogen) atoms. The molecule has 0 aliphatic rings. The van der Waals surface area contributed by atoms with Gasteiger partial charge in [-0.15, -0.1) is 0 Å². The number of hydrogen-bond donors (Lipinski definition) is 1. The molecule has 4 heteroatoms. The fourth-order valence-corrected chi connectivity index (χ4v) is 1.15. The van der Waals surface area contributed by atoms with E-state index < -0.39 is 0 Å². The van der Waals surface area contributed by atoms with Crippen LogP contribution in [-0.2, 0) is 6.42 Å². The van der Waals surface area contributed by atoms with Crippen LogP contribution in [-0.4, -0.2) is 23.2 Å². The van der Waals surface area contributed by atoms with E-state index in [-0.39, 0.29) is 0 Å². The molecule has 0 aliphatic carbocycles. The van der Waals surface area contributed by atoms with Crippen LogP contribution in [0.5, 0.6) is 0 Å². The Bertz CT molecular complexity index is 258. The Balaban J connectivity index is 2.04. The lowest BCUT2D eigenvalue weighted by Gasteiger charge is -2.04. The van der Waals surface area contributed by atoms with E-state index in [1.165, 1.54) is 6.42 Å². The summed E-state index contributed by atoms with van der Waals surface area (Å²) >= 11 is 0. The molecule has 4 nitrogen and oxygen atoms in total. The first-order valence-corrected chi connectivity index (χ1v) is 5.18. The molecule has 0 atom stereocenters. The summed E-state index contributed by atoms with van der Waals surface area (Å²) in [5.41, 5.74) is 0. The van der Waals surface area contributed by atoms with E-state index >= 15 is 0 Å². The Morgan fingerprint density at radius 2 is 2.14 bits per heavy atom. The summed E-state index contributed by atoms with van der Waals surface area (Å²) in [7, 11) is 0. The molecular weight excluding hydrogens is 178 g/mol. The second kappa shape index (κ2) is 5.75. The monoisotopic (exact) mass is 197 g/mol. The van der Waals surface area contributed by atoms with Crippen LogP contribution in [0.25, 0.3) is 0 Å². The quantitative estimate of drug-likeness (QED) is 0.703. The van der Waals surface area contributed by atoms with Crippen LogP contribution in [0.2, 0.25) is 0 Å². The summed E-state index contributed by atoms with van der Waals surface area (Å²) in [5, 5.41) is 7.08. The van der Waals surface area contributed by atoms with Gasteiger partial charge in [-0.2, -0.15) is 4.98 Å². The van der Waals surface area contributed by atoms with Crippen molar-refractivity contribution in [3.8, 4) is 0 Å². The molecular formula is C10H19N3O. The molecule has 1 N–H and O–H groups in total. The molecule has 1 heterocycles. The summed E-state index contributed by atoms with van der Waals surface area (Å²) in [5.74, 6) is 2.19. The van der Waals surface area contributed by atoms with Crippen molar-refractivity contribution in [2.24, 2.45) is 5.92 Å². The van der Waals surface area contributed by atoms with Crippen molar-refractivity contribution in [2.45, 2.75) is 33.6 Å². The standard InChI is InChI=1S/C10H19N3O/c1-8(2)4-6-11-7-5-10-12-9(3)13-14-10/h8,11H,4-7H2,1-3H3. The van der Waals surface area contributed by atoms with Gasteiger partial charge in [-0.25, -0.2) is 0 Å². The molecule has 0 radical (unpaired) electrons. The average Bonchev–Trinajstić information content (AvgIpc) is 2.50. The zero-order valence-electron chi connectivity index (χ0n) is 9.21. The summed E-state index contributed by atoms with van der Waals surface area (Å²) in [4.78, 5) is 4.13. The molecule has 0 saturated heterocycles. The third-order valence-corrected chi connectivity index (χ3v) is 1.98.